The Morgan fingerprint density at radius 2 is 1.73 bits per heavy atom. The molecular formula is C11H22ClN3. The van der Waals surface area contributed by atoms with Crippen LogP contribution in [0, 0.1) is 17.8 Å². The van der Waals surface area contributed by atoms with Crippen molar-refractivity contribution < 1.29 is 0 Å². The molecule has 2 N–H and O–H groups in total. The van der Waals surface area contributed by atoms with Crippen LogP contribution in [-0.4, -0.2) is 50.7 Å². The molecule has 0 aromatic rings. The fraction of sp³-hybridized carbons (Fsp3) is 1.00. The van der Waals surface area contributed by atoms with Gasteiger partial charge in [0, 0.05) is 19.6 Å². The summed E-state index contributed by atoms with van der Waals surface area (Å²) in [6.07, 6.45) is 1.39. The second kappa shape index (κ2) is 5.00. The maximum absolute atomic E-state index is 3.50. The predicted molar refractivity (Wildman–Crippen MR) is 64.5 cm³/mol. The third-order valence-electron chi connectivity index (χ3n) is 4.14. The van der Waals surface area contributed by atoms with Crippen molar-refractivity contribution in [2.75, 3.05) is 45.8 Å². The minimum atomic E-state index is 0. The molecule has 0 aromatic carbocycles. The van der Waals surface area contributed by atoms with Crippen LogP contribution in [0.1, 0.15) is 6.42 Å². The Morgan fingerprint density at radius 3 is 2.33 bits per heavy atom. The number of nitrogens with zero attached hydrogens (tertiary/aromatic N) is 1. The Balaban J connectivity index is 0.000000853. The van der Waals surface area contributed by atoms with E-state index in [0.717, 1.165) is 17.8 Å². The van der Waals surface area contributed by atoms with Crippen molar-refractivity contribution in [3.8, 4) is 0 Å². The van der Waals surface area contributed by atoms with Gasteiger partial charge in [0.05, 0.1) is 0 Å². The summed E-state index contributed by atoms with van der Waals surface area (Å²) in [7, 11) is 0. The summed E-state index contributed by atoms with van der Waals surface area (Å²) < 4.78 is 0. The number of hydrogen-bond donors (Lipinski definition) is 2. The minimum absolute atomic E-state index is 0. The summed E-state index contributed by atoms with van der Waals surface area (Å²) in [4.78, 5) is 2.70. The summed E-state index contributed by atoms with van der Waals surface area (Å²) in [6, 6.07) is 0. The van der Waals surface area contributed by atoms with E-state index in [0.29, 0.717) is 0 Å². The fourth-order valence-electron chi connectivity index (χ4n) is 3.34. The monoisotopic (exact) mass is 231 g/mol. The van der Waals surface area contributed by atoms with Crippen molar-refractivity contribution in [1.82, 2.24) is 15.5 Å². The number of fused-ring (bicyclic) bond motifs is 1. The van der Waals surface area contributed by atoms with E-state index in [9.17, 15) is 0 Å². The molecule has 3 rings (SSSR count). The van der Waals surface area contributed by atoms with Gasteiger partial charge >= 0.3 is 0 Å². The zero-order valence-corrected chi connectivity index (χ0v) is 10.1. The van der Waals surface area contributed by atoms with E-state index < -0.39 is 0 Å². The number of nitrogens with one attached hydrogen (secondary N) is 2. The topological polar surface area (TPSA) is 27.3 Å². The second-order valence-corrected chi connectivity index (χ2v) is 5.26. The zero-order valence-electron chi connectivity index (χ0n) is 9.24. The lowest BCUT2D eigenvalue weighted by Crippen LogP contribution is -2.31. The largest absolute Gasteiger partial charge is 0.316 e. The third kappa shape index (κ3) is 2.47. The van der Waals surface area contributed by atoms with E-state index in [1.165, 1.54) is 52.2 Å². The van der Waals surface area contributed by atoms with Crippen LogP contribution < -0.4 is 10.6 Å². The maximum atomic E-state index is 3.50. The van der Waals surface area contributed by atoms with E-state index in [2.05, 4.69) is 15.5 Å². The number of halogens is 1. The molecule has 0 aliphatic carbocycles. The molecule has 0 saturated carbocycles. The zero-order chi connectivity index (χ0) is 9.38. The van der Waals surface area contributed by atoms with Gasteiger partial charge in [-0.25, -0.2) is 0 Å². The van der Waals surface area contributed by atoms with E-state index in [4.69, 9.17) is 0 Å². The molecule has 3 atom stereocenters. The second-order valence-electron chi connectivity index (χ2n) is 5.26. The van der Waals surface area contributed by atoms with Gasteiger partial charge in [-0.3, -0.25) is 0 Å². The van der Waals surface area contributed by atoms with Crippen molar-refractivity contribution >= 4 is 12.4 Å². The standard InChI is InChI=1S/C11H21N3.ClH/c1-2-12-3-9(1)6-14-7-10-4-13-5-11(10)8-14;/h9-13H,1-8H2;1H/t9?,10-,11+;. The lowest BCUT2D eigenvalue weighted by atomic mass is 10.0. The molecule has 0 radical (unpaired) electrons. The molecular weight excluding hydrogens is 210 g/mol. The van der Waals surface area contributed by atoms with Crippen LogP contribution in [0.25, 0.3) is 0 Å². The summed E-state index contributed by atoms with van der Waals surface area (Å²) >= 11 is 0. The van der Waals surface area contributed by atoms with E-state index in [-0.39, 0.29) is 12.4 Å². The van der Waals surface area contributed by atoms with Gasteiger partial charge < -0.3 is 15.5 Å². The summed E-state index contributed by atoms with van der Waals surface area (Å²) in [5, 5.41) is 6.96. The Hall–Kier alpha value is 0.170. The molecule has 0 bridgehead atoms. The molecule has 3 nitrogen and oxygen atoms in total. The van der Waals surface area contributed by atoms with Crippen LogP contribution in [0.4, 0.5) is 0 Å². The van der Waals surface area contributed by atoms with Crippen LogP contribution >= 0.6 is 12.4 Å². The Kier molecular flexibility index (Phi) is 3.88. The quantitative estimate of drug-likeness (QED) is 0.710. The van der Waals surface area contributed by atoms with Crippen LogP contribution in [0.3, 0.4) is 0 Å². The van der Waals surface area contributed by atoms with Gasteiger partial charge in [-0.2, -0.15) is 0 Å². The Morgan fingerprint density at radius 1 is 1.00 bits per heavy atom. The van der Waals surface area contributed by atoms with Gasteiger partial charge in [0.1, 0.15) is 0 Å². The van der Waals surface area contributed by atoms with Crippen molar-refractivity contribution in [2.45, 2.75) is 6.42 Å². The summed E-state index contributed by atoms with van der Waals surface area (Å²) in [5.74, 6) is 2.86. The average Bonchev–Trinajstić information content (AvgIpc) is 2.78. The number of likely N-dealkylation sites (tertiary alicyclic amines) is 1. The first-order valence-corrected chi connectivity index (χ1v) is 6.05. The third-order valence-corrected chi connectivity index (χ3v) is 4.14. The lowest BCUT2D eigenvalue weighted by Gasteiger charge is -2.20. The molecule has 0 amide bonds. The highest BCUT2D eigenvalue weighted by Gasteiger charge is 2.36. The molecule has 3 aliphatic rings. The SMILES string of the molecule is C1CC(CN2C[C@H]3CNC[C@H]3C2)CN1.Cl. The highest BCUT2D eigenvalue weighted by Crippen LogP contribution is 2.27. The molecule has 3 heterocycles. The summed E-state index contributed by atoms with van der Waals surface area (Å²) in [5.41, 5.74) is 0. The Bertz CT molecular complexity index is 194. The molecule has 15 heavy (non-hydrogen) atoms. The first kappa shape index (κ1) is 11.6. The van der Waals surface area contributed by atoms with Gasteiger partial charge in [-0.05, 0) is 50.4 Å². The van der Waals surface area contributed by atoms with E-state index in [1.54, 1.807) is 0 Å². The average molecular weight is 232 g/mol. The van der Waals surface area contributed by atoms with Crippen LogP contribution in [0.2, 0.25) is 0 Å². The molecule has 1 unspecified atom stereocenters. The summed E-state index contributed by atoms with van der Waals surface area (Å²) in [6.45, 7) is 9.09. The highest BCUT2D eigenvalue weighted by molar-refractivity contribution is 5.85. The first-order chi connectivity index (χ1) is 6.92. The van der Waals surface area contributed by atoms with Gasteiger partial charge in [0.2, 0.25) is 0 Å². The first-order valence-electron chi connectivity index (χ1n) is 6.05. The maximum Gasteiger partial charge on any atom is 0.00257 e. The number of rotatable bonds is 2. The molecule has 88 valence electrons. The smallest absolute Gasteiger partial charge is 0.00257 e. The van der Waals surface area contributed by atoms with Gasteiger partial charge in [-0.15, -0.1) is 12.4 Å². The number of hydrogen-bond acceptors (Lipinski definition) is 3. The Labute approximate surface area is 98.4 Å². The minimum Gasteiger partial charge on any atom is -0.316 e. The van der Waals surface area contributed by atoms with Crippen molar-refractivity contribution in [3.63, 3.8) is 0 Å². The molecule has 3 fully saturated rings. The van der Waals surface area contributed by atoms with Gasteiger partial charge in [-0.1, -0.05) is 0 Å². The molecule has 3 aliphatic heterocycles. The van der Waals surface area contributed by atoms with E-state index in [1.807, 2.05) is 0 Å². The van der Waals surface area contributed by atoms with Gasteiger partial charge in [0.15, 0.2) is 0 Å². The lowest BCUT2D eigenvalue weighted by molar-refractivity contribution is 0.269. The predicted octanol–water partition coefficient (Wildman–Crippen LogP) is 0.169. The van der Waals surface area contributed by atoms with Crippen molar-refractivity contribution in [3.05, 3.63) is 0 Å². The van der Waals surface area contributed by atoms with Crippen LogP contribution in [-0.2, 0) is 0 Å². The normalized spacial score (nSPS) is 40.4. The molecule has 4 heteroatoms. The molecule has 0 spiro atoms. The fourth-order valence-corrected chi connectivity index (χ4v) is 3.34. The van der Waals surface area contributed by atoms with Gasteiger partial charge in [0.25, 0.3) is 0 Å². The van der Waals surface area contributed by atoms with Crippen LogP contribution in [0.15, 0.2) is 0 Å². The highest BCUT2D eigenvalue weighted by atomic mass is 35.5. The molecule has 3 saturated heterocycles. The van der Waals surface area contributed by atoms with Crippen molar-refractivity contribution in [2.24, 2.45) is 17.8 Å². The molecule has 0 aromatic heterocycles. The van der Waals surface area contributed by atoms with E-state index >= 15 is 0 Å². The van der Waals surface area contributed by atoms with Crippen molar-refractivity contribution in [1.29, 1.82) is 0 Å². The van der Waals surface area contributed by atoms with Crippen LogP contribution in [0.5, 0.6) is 0 Å².